The van der Waals surface area contributed by atoms with Crippen LogP contribution >= 0.6 is 11.6 Å². The number of carbonyl (C=O) groups excluding carboxylic acids is 2. The molecule has 0 bridgehead atoms. The van der Waals surface area contributed by atoms with Crippen molar-refractivity contribution in [3.05, 3.63) is 83.4 Å². The number of hydrogen-bond donors (Lipinski definition) is 1. The molecule has 2 saturated heterocycles. The SMILES string of the molecule is COc1ccccc1N1C(=O)[C@@H]2[C@@H](ON(c3ccc(Cl)cc3)[C@H]2c2ccc(O)cc2)C1=O. The third kappa shape index (κ3) is 3.18. The summed E-state index contributed by atoms with van der Waals surface area (Å²) in [6, 6.07) is 19.8. The van der Waals surface area contributed by atoms with Gasteiger partial charge in [0.15, 0.2) is 6.10 Å². The van der Waals surface area contributed by atoms with E-state index in [1.807, 2.05) is 0 Å². The summed E-state index contributed by atoms with van der Waals surface area (Å²) in [6.07, 6.45) is -0.998. The number of aromatic hydroxyl groups is 1. The van der Waals surface area contributed by atoms with E-state index in [1.165, 1.54) is 7.11 Å². The molecule has 2 fully saturated rings. The Morgan fingerprint density at radius 1 is 0.938 bits per heavy atom. The number of benzene rings is 3. The maximum absolute atomic E-state index is 13.6. The van der Waals surface area contributed by atoms with E-state index in [-0.39, 0.29) is 11.7 Å². The van der Waals surface area contributed by atoms with Crippen molar-refractivity contribution in [3.8, 4) is 11.5 Å². The first-order valence-corrected chi connectivity index (χ1v) is 10.4. The summed E-state index contributed by atoms with van der Waals surface area (Å²) in [7, 11) is 1.49. The highest BCUT2D eigenvalue weighted by atomic mass is 35.5. The van der Waals surface area contributed by atoms with Gasteiger partial charge in [-0.25, -0.2) is 9.96 Å². The molecule has 0 unspecified atom stereocenters. The van der Waals surface area contributed by atoms with E-state index in [1.54, 1.807) is 77.9 Å². The Morgan fingerprint density at radius 2 is 1.62 bits per heavy atom. The molecule has 0 radical (unpaired) electrons. The number of imide groups is 1. The number of methoxy groups -OCH3 is 1. The van der Waals surface area contributed by atoms with Crippen molar-refractivity contribution in [3.63, 3.8) is 0 Å². The van der Waals surface area contributed by atoms with Crippen molar-refractivity contribution in [1.29, 1.82) is 0 Å². The summed E-state index contributed by atoms with van der Waals surface area (Å²) in [5, 5.41) is 11.9. The topological polar surface area (TPSA) is 79.3 Å². The van der Waals surface area contributed by atoms with E-state index in [9.17, 15) is 14.7 Å². The third-order valence-electron chi connectivity index (χ3n) is 5.76. The second kappa shape index (κ2) is 7.85. The minimum atomic E-state index is -0.998. The molecule has 2 aliphatic heterocycles. The Kier molecular flexibility index (Phi) is 5.00. The van der Waals surface area contributed by atoms with E-state index in [2.05, 4.69) is 0 Å². The molecule has 2 heterocycles. The van der Waals surface area contributed by atoms with Crippen LogP contribution in [0.5, 0.6) is 11.5 Å². The fourth-order valence-electron chi connectivity index (χ4n) is 4.29. The lowest BCUT2D eigenvalue weighted by Crippen LogP contribution is -2.37. The third-order valence-corrected chi connectivity index (χ3v) is 6.01. The fraction of sp³-hybridized carbons (Fsp3) is 0.167. The number of hydrogen-bond acceptors (Lipinski definition) is 6. The first-order valence-electron chi connectivity index (χ1n) is 10.0. The molecule has 0 spiro atoms. The van der Waals surface area contributed by atoms with Crippen molar-refractivity contribution < 1.29 is 24.3 Å². The molecule has 162 valence electrons. The summed E-state index contributed by atoms with van der Waals surface area (Å²) >= 11 is 6.03. The molecular formula is C24H19ClN2O5. The molecule has 32 heavy (non-hydrogen) atoms. The van der Waals surface area contributed by atoms with Gasteiger partial charge in [-0.2, -0.15) is 0 Å². The van der Waals surface area contributed by atoms with Crippen molar-refractivity contribution in [2.75, 3.05) is 17.1 Å². The molecule has 1 N–H and O–H groups in total. The predicted molar refractivity (Wildman–Crippen MR) is 119 cm³/mol. The van der Waals surface area contributed by atoms with Gasteiger partial charge in [-0.15, -0.1) is 0 Å². The van der Waals surface area contributed by atoms with E-state index in [0.29, 0.717) is 22.1 Å². The number of amides is 2. The molecule has 2 amide bonds. The van der Waals surface area contributed by atoms with E-state index < -0.39 is 24.0 Å². The summed E-state index contributed by atoms with van der Waals surface area (Å²) < 4.78 is 5.37. The van der Waals surface area contributed by atoms with Crippen LogP contribution in [0.25, 0.3) is 0 Å². The number of ether oxygens (including phenoxy) is 1. The first-order chi connectivity index (χ1) is 15.5. The van der Waals surface area contributed by atoms with Crippen LogP contribution in [0, 0.1) is 5.92 Å². The molecule has 3 aromatic carbocycles. The van der Waals surface area contributed by atoms with Crippen LogP contribution in [0.2, 0.25) is 5.02 Å². The average molecular weight is 451 g/mol. The number of nitrogens with zero attached hydrogens (tertiary/aromatic N) is 2. The van der Waals surface area contributed by atoms with Gasteiger partial charge in [0.1, 0.15) is 17.4 Å². The van der Waals surface area contributed by atoms with Gasteiger partial charge >= 0.3 is 0 Å². The van der Waals surface area contributed by atoms with E-state index in [4.69, 9.17) is 21.2 Å². The standard InChI is InChI=1S/C24H19ClN2O5/c1-31-19-5-3-2-4-18(19)26-23(29)20-21(14-6-12-17(28)13-7-14)27(32-22(20)24(26)30)16-10-8-15(25)9-11-16/h2-13,20-22,28H,1H3/t20-,21-,22+/m0/s1. The van der Waals surface area contributed by atoms with E-state index >= 15 is 0 Å². The molecule has 5 rings (SSSR count). The van der Waals surface area contributed by atoms with Crippen LogP contribution in [-0.4, -0.2) is 30.1 Å². The largest absolute Gasteiger partial charge is 0.508 e. The van der Waals surface area contributed by atoms with Gasteiger partial charge in [0.05, 0.1) is 24.5 Å². The summed E-state index contributed by atoms with van der Waals surface area (Å²) in [5.41, 5.74) is 1.77. The van der Waals surface area contributed by atoms with Crippen LogP contribution < -0.4 is 14.7 Å². The molecule has 0 aromatic heterocycles. The Hall–Kier alpha value is -3.55. The zero-order valence-corrected chi connectivity index (χ0v) is 17.8. The van der Waals surface area contributed by atoms with Gasteiger partial charge < -0.3 is 9.84 Å². The van der Waals surface area contributed by atoms with Crippen molar-refractivity contribution in [1.82, 2.24) is 0 Å². The molecule has 0 aliphatic carbocycles. The second-order valence-corrected chi connectivity index (χ2v) is 8.01. The lowest BCUT2D eigenvalue weighted by Gasteiger charge is -2.29. The normalized spacial score (nSPS) is 22.4. The Bertz CT molecular complexity index is 1180. The predicted octanol–water partition coefficient (Wildman–Crippen LogP) is 4.11. The first kappa shape index (κ1) is 20.4. The highest BCUT2D eigenvalue weighted by molar-refractivity contribution is 6.30. The van der Waals surface area contributed by atoms with Crippen LogP contribution in [0.4, 0.5) is 11.4 Å². The monoisotopic (exact) mass is 450 g/mol. The molecule has 8 heteroatoms. The Morgan fingerprint density at radius 3 is 2.31 bits per heavy atom. The maximum Gasteiger partial charge on any atom is 0.266 e. The number of fused-ring (bicyclic) bond motifs is 1. The van der Waals surface area contributed by atoms with Crippen LogP contribution in [0.1, 0.15) is 11.6 Å². The Labute approximate surface area is 189 Å². The van der Waals surface area contributed by atoms with Gasteiger partial charge in [0.25, 0.3) is 5.91 Å². The van der Waals surface area contributed by atoms with E-state index in [0.717, 1.165) is 10.5 Å². The maximum atomic E-state index is 13.6. The van der Waals surface area contributed by atoms with Gasteiger partial charge in [-0.1, -0.05) is 35.9 Å². The molecular weight excluding hydrogens is 432 g/mol. The molecule has 3 aromatic rings. The smallest absolute Gasteiger partial charge is 0.266 e. The lowest BCUT2D eigenvalue weighted by atomic mass is 9.90. The number of carbonyl (C=O) groups is 2. The Balaban J connectivity index is 1.59. The summed E-state index contributed by atoms with van der Waals surface area (Å²) in [6.45, 7) is 0. The molecule has 2 aliphatic rings. The number of hydroxylamine groups is 1. The van der Waals surface area contributed by atoms with Crippen molar-refractivity contribution >= 4 is 34.8 Å². The summed E-state index contributed by atoms with van der Waals surface area (Å²) in [5.74, 6) is -1.09. The zero-order valence-electron chi connectivity index (χ0n) is 17.0. The average Bonchev–Trinajstić information content (AvgIpc) is 3.31. The quantitative estimate of drug-likeness (QED) is 0.603. The number of phenolic OH excluding ortho intramolecular Hbond substituents is 1. The number of para-hydroxylation sites is 2. The highest BCUT2D eigenvalue weighted by Crippen LogP contribution is 2.48. The molecule has 7 nitrogen and oxygen atoms in total. The van der Waals surface area contributed by atoms with Crippen LogP contribution in [0.15, 0.2) is 72.8 Å². The lowest BCUT2D eigenvalue weighted by molar-refractivity contribution is -0.126. The van der Waals surface area contributed by atoms with Crippen molar-refractivity contribution in [2.24, 2.45) is 5.92 Å². The number of rotatable bonds is 4. The second-order valence-electron chi connectivity index (χ2n) is 7.57. The molecule has 3 atom stereocenters. The van der Waals surface area contributed by atoms with Crippen molar-refractivity contribution in [2.45, 2.75) is 12.1 Å². The number of phenols is 1. The van der Waals surface area contributed by atoms with Crippen LogP contribution in [-0.2, 0) is 14.4 Å². The van der Waals surface area contributed by atoms with Gasteiger partial charge in [0, 0.05) is 5.02 Å². The minimum absolute atomic E-state index is 0.103. The van der Waals surface area contributed by atoms with Gasteiger partial charge in [-0.05, 0) is 54.1 Å². The van der Waals surface area contributed by atoms with Gasteiger partial charge in [0.2, 0.25) is 5.91 Å². The minimum Gasteiger partial charge on any atom is -0.508 e. The fourth-order valence-corrected chi connectivity index (χ4v) is 4.41. The highest BCUT2D eigenvalue weighted by Gasteiger charge is 2.60. The number of anilines is 2. The van der Waals surface area contributed by atoms with Crippen LogP contribution in [0.3, 0.4) is 0 Å². The van der Waals surface area contributed by atoms with Gasteiger partial charge in [-0.3, -0.25) is 14.4 Å². The summed E-state index contributed by atoms with van der Waals surface area (Å²) in [4.78, 5) is 34.2. The molecule has 0 saturated carbocycles. The zero-order chi connectivity index (χ0) is 22.4. The number of halogens is 1.